The topological polar surface area (TPSA) is 12.0 Å². The van der Waals surface area contributed by atoms with E-state index in [1.54, 1.807) is 0 Å². The van der Waals surface area contributed by atoms with Crippen molar-refractivity contribution in [3.63, 3.8) is 0 Å². The van der Waals surface area contributed by atoms with Gasteiger partial charge in [-0.1, -0.05) is 46.0 Å². The van der Waals surface area contributed by atoms with E-state index in [-0.39, 0.29) is 0 Å². The van der Waals surface area contributed by atoms with E-state index < -0.39 is 0 Å². The molecule has 0 aromatic carbocycles. The van der Waals surface area contributed by atoms with E-state index in [1.165, 1.54) is 51.4 Å². The van der Waals surface area contributed by atoms with Crippen molar-refractivity contribution in [2.24, 2.45) is 5.92 Å². The molecule has 1 nitrogen and oxygen atoms in total. The molecule has 15 heavy (non-hydrogen) atoms. The Balaban J connectivity index is 2.03. The van der Waals surface area contributed by atoms with E-state index >= 15 is 0 Å². The van der Waals surface area contributed by atoms with Crippen LogP contribution in [0.15, 0.2) is 0 Å². The van der Waals surface area contributed by atoms with Crippen molar-refractivity contribution in [2.45, 2.75) is 84.2 Å². The van der Waals surface area contributed by atoms with Gasteiger partial charge in [0.25, 0.3) is 0 Å². The summed E-state index contributed by atoms with van der Waals surface area (Å²) in [6.07, 6.45) is 11.3. The highest BCUT2D eigenvalue weighted by Gasteiger charge is 2.14. The summed E-state index contributed by atoms with van der Waals surface area (Å²) >= 11 is 0. The van der Waals surface area contributed by atoms with Gasteiger partial charge < -0.3 is 5.32 Å². The lowest BCUT2D eigenvalue weighted by atomic mass is 9.94. The van der Waals surface area contributed by atoms with Gasteiger partial charge in [0.05, 0.1) is 0 Å². The lowest BCUT2D eigenvalue weighted by Gasteiger charge is -2.26. The van der Waals surface area contributed by atoms with Gasteiger partial charge >= 0.3 is 0 Å². The lowest BCUT2D eigenvalue weighted by Crippen LogP contribution is -2.37. The Morgan fingerprint density at radius 2 is 1.67 bits per heavy atom. The quantitative estimate of drug-likeness (QED) is 0.697. The van der Waals surface area contributed by atoms with E-state index in [4.69, 9.17) is 0 Å². The fraction of sp³-hybridized carbons (Fsp3) is 1.00. The van der Waals surface area contributed by atoms with Gasteiger partial charge in [0.1, 0.15) is 0 Å². The van der Waals surface area contributed by atoms with Crippen LogP contribution in [-0.2, 0) is 0 Å². The van der Waals surface area contributed by atoms with Gasteiger partial charge in [0.2, 0.25) is 0 Å². The maximum atomic E-state index is 3.79. The van der Waals surface area contributed by atoms with Crippen LogP contribution in [0.5, 0.6) is 0 Å². The van der Waals surface area contributed by atoms with Gasteiger partial charge in [-0.05, 0) is 32.1 Å². The zero-order valence-electron chi connectivity index (χ0n) is 10.9. The molecule has 90 valence electrons. The van der Waals surface area contributed by atoms with E-state index in [9.17, 15) is 0 Å². The molecule has 0 aromatic heterocycles. The van der Waals surface area contributed by atoms with Crippen LogP contribution < -0.4 is 5.32 Å². The molecule has 1 atom stereocenters. The average molecular weight is 211 g/mol. The summed E-state index contributed by atoms with van der Waals surface area (Å²) in [6.45, 7) is 6.99. The Hall–Kier alpha value is -0.0400. The minimum absolute atomic E-state index is 0.729. The van der Waals surface area contributed by atoms with E-state index in [0.717, 1.165) is 18.0 Å². The smallest absolute Gasteiger partial charge is 0.00695 e. The highest BCUT2D eigenvalue weighted by atomic mass is 14.9. The molecule has 0 aliphatic heterocycles. The van der Waals surface area contributed by atoms with Crippen molar-refractivity contribution in [1.82, 2.24) is 5.32 Å². The SMILES string of the molecule is CC(C)CCCC(C)NC1CCCCC1. The van der Waals surface area contributed by atoms with Crippen LogP contribution in [-0.4, -0.2) is 12.1 Å². The maximum absolute atomic E-state index is 3.79. The molecule has 0 aromatic rings. The Morgan fingerprint density at radius 1 is 1.00 bits per heavy atom. The third kappa shape index (κ3) is 6.19. The summed E-state index contributed by atoms with van der Waals surface area (Å²) in [5.41, 5.74) is 0. The Kier molecular flexibility index (Phi) is 6.31. The third-order valence-electron chi connectivity index (χ3n) is 3.54. The van der Waals surface area contributed by atoms with Crippen molar-refractivity contribution in [2.75, 3.05) is 0 Å². The fourth-order valence-electron chi connectivity index (χ4n) is 2.59. The monoisotopic (exact) mass is 211 g/mol. The minimum Gasteiger partial charge on any atom is -0.312 e. The normalized spacial score (nSPS) is 20.8. The summed E-state index contributed by atoms with van der Waals surface area (Å²) in [5, 5.41) is 3.79. The highest BCUT2D eigenvalue weighted by Crippen LogP contribution is 2.18. The predicted molar refractivity (Wildman–Crippen MR) is 68.2 cm³/mol. The molecule has 0 amide bonds. The van der Waals surface area contributed by atoms with Crippen LogP contribution >= 0.6 is 0 Å². The predicted octanol–water partition coefficient (Wildman–Crippen LogP) is 4.12. The highest BCUT2D eigenvalue weighted by molar-refractivity contribution is 4.75. The number of rotatable bonds is 6. The molecule has 1 aliphatic rings. The van der Waals surface area contributed by atoms with Gasteiger partial charge in [-0.2, -0.15) is 0 Å². The second-order valence-corrected chi connectivity index (χ2v) is 5.73. The van der Waals surface area contributed by atoms with Crippen LogP contribution in [0.3, 0.4) is 0 Å². The largest absolute Gasteiger partial charge is 0.312 e. The van der Waals surface area contributed by atoms with Crippen molar-refractivity contribution < 1.29 is 0 Å². The molecule has 1 saturated carbocycles. The summed E-state index contributed by atoms with van der Waals surface area (Å²) < 4.78 is 0. The molecule has 0 radical (unpaired) electrons. The van der Waals surface area contributed by atoms with Crippen molar-refractivity contribution in [1.29, 1.82) is 0 Å². The molecule has 1 rings (SSSR count). The molecule has 1 aliphatic carbocycles. The van der Waals surface area contributed by atoms with Crippen molar-refractivity contribution >= 4 is 0 Å². The number of nitrogens with one attached hydrogen (secondary N) is 1. The first-order valence-electron chi connectivity index (χ1n) is 6.94. The van der Waals surface area contributed by atoms with Gasteiger partial charge in [-0.3, -0.25) is 0 Å². The summed E-state index contributed by atoms with van der Waals surface area (Å²) in [5.74, 6) is 0.867. The Morgan fingerprint density at radius 3 is 2.27 bits per heavy atom. The minimum atomic E-state index is 0.729. The van der Waals surface area contributed by atoms with Gasteiger partial charge in [0.15, 0.2) is 0 Å². The van der Waals surface area contributed by atoms with Crippen LogP contribution in [0.25, 0.3) is 0 Å². The molecule has 1 unspecified atom stereocenters. The molecular formula is C14H29N. The molecule has 0 bridgehead atoms. The van der Waals surface area contributed by atoms with E-state index in [0.29, 0.717) is 0 Å². The second kappa shape index (κ2) is 7.27. The molecule has 1 heteroatoms. The van der Waals surface area contributed by atoms with Gasteiger partial charge in [-0.25, -0.2) is 0 Å². The third-order valence-corrected chi connectivity index (χ3v) is 3.54. The molecule has 1 N–H and O–H groups in total. The van der Waals surface area contributed by atoms with Crippen LogP contribution in [0.2, 0.25) is 0 Å². The first-order valence-corrected chi connectivity index (χ1v) is 6.94. The zero-order valence-corrected chi connectivity index (χ0v) is 10.9. The van der Waals surface area contributed by atoms with Crippen molar-refractivity contribution in [3.05, 3.63) is 0 Å². The summed E-state index contributed by atoms with van der Waals surface area (Å²) in [6, 6.07) is 1.56. The second-order valence-electron chi connectivity index (χ2n) is 5.73. The van der Waals surface area contributed by atoms with Crippen LogP contribution in [0, 0.1) is 5.92 Å². The summed E-state index contributed by atoms with van der Waals surface area (Å²) in [4.78, 5) is 0. The Labute approximate surface area is 96.0 Å². The molecular weight excluding hydrogens is 182 g/mol. The first kappa shape index (κ1) is 13.0. The fourth-order valence-corrected chi connectivity index (χ4v) is 2.59. The van der Waals surface area contributed by atoms with Crippen LogP contribution in [0.4, 0.5) is 0 Å². The van der Waals surface area contributed by atoms with Gasteiger partial charge in [-0.15, -0.1) is 0 Å². The molecule has 0 saturated heterocycles. The lowest BCUT2D eigenvalue weighted by molar-refractivity contribution is 0.330. The molecule has 1 fully saturated rings. The summed E-state index contributed by atoms with van der Waals surface area (Å²) in [7, 11) is 0. The first-order chi connectivity index (χ1) is 7.18. The number of hydrogen-bond donors (Lipinski definition) is 1. The van der Waals surface area contributed by atoms with E-state index in [2.05, 4.69) is 26.1 Å². The maximum Gasteiger partial charge on any atom is 0.00695 e. The van der Waals surface area contributed by atoms with Crippen LogP contribution in [0.1, 0.15) is 72.1 Å². The molecule has 0 heterocycles. The molecule has 0 spiro atoms. The standard InChI is InChI=1S/C14H29N/c1-12(2)8-7-9-13(3)15-14-10-5-4-6-11-14/h12-15H,4-11H2,1-3H3. The Bertz CT molecular complexity index is 147. The van der Waals surface area contributed by atoms with Crippen molar-refractivity contribution in [3.8, 4) is 0 Å². The van der Waals surface area contributed by atoms with E-state index in [1.807, 2.05) is 0 Å². The zero-order chi connectivity index (χ0) is 11.1. The van der Waals surface area contributed by atoms with Gasteiger partial charge in [0, 0.05) is 12.1 Å². The average Bonchev–Trinajstić information content (AvgIpc) is 2.18. The number of hydrogen-bond acceptors (Lipinski definition) is 1.